The molecule has 0 unspecified atom stereocenters. The lowest BCUT2D eigenvalue weighted by Gasteiger charge is -2.12. The van der Waals surface area contributed by atoms with Crippen LogP contribution in [0.15, 0.2) is 340 Å². The molecule has 21 nitrogen and oxygen atoms in total. The number of carbonyl (C=O) groups is 12. The summed E-state index contributed by atoms with van der Waals surface area (Å²) in [4.78, 5) is 147. The highest BCUT2D eigenvalue weighted by Gasteiger charge is 2.26. The van der Waals surface area contributed by atoms with Gasteiger partial charge in [0.25, 0.3) is 35.4 Å². The minimum absolute atomic E-state index is 0.0926. The topological polar surface area (TPSA) is 305 Å². The van der Waals surface area contributed by atoms with Crippen LogP contribution < -0.4 is 46.1 Å². The first kappa shape index (κ1) is 104. The third-order valence-corrected chi connectivity index (χ3v) is 19.5. The number of ether oxygens (including phenoxy) is 3. The molecule has 12 rings (SSSR count). The second-order valence-corrected chi connectivity index (χ2v) is 30.7. The van der Waals surface area contributed by atoms with Crippen molar-refractivity contribution in [1.82, 2.24) is 0 Å². The normalized spacial score (nSPS) is 10.0. The number of hydrogen-bond acceptors (Lipinski definition) is 15. The number of ketones is 6. The number of methoxy groups -OCH3 is 3. The maximum absolute atomic E-state index is 13.8. The molecule has 12 aromatic carbocycles. The number of aryl methyl sites for hydroxylation is 4. The van der Waals surface area contributed by atoms with Crippen LogP contribution in [0.1, 0.15) is 159 Å². The molecule has 0 fully saturated rings. The Morgan fingerprint density at radius 1 is 0.256 bits per heavy atom. The molecule has 0 bridgehead atoms. The first-order chi connectivity index (χ1) is 63.2. The fourth-order valence-electron chi connectivity index (χ4n) is 12.0. The van der Waals surface area contributed by atoms with Crippen LogP contribution >= 0.6 is 11.6 Å². The van der Waals surface area contributed by atoms with Gasteiger partial charge in [-0.25, -0.2) is 8.78 Å². The lowest BCUT2D eigenvalue weighted by atomic mass is 9.96. The molecule has 0 aromatic heterocycles. The van der Waals surface area contributed by atoms with E-state index in [9.17, 15) is 66.3 Å². The second-order valence-electron chi connectivity index (χ2n) is 30.3. The monoisotopic (exact) mass is 1810 g/mol. The summed E-state index contributed by atoms with van der Waals surface area (Å²) < 4.78 is 43.0. The van der Waals surface area contributed by atoms with Crippen molar-refractivity contribution in [2.45, 2.75) is 69.2 Å². The van der Waals surface area contributed by atoms with Crippen molar-refractivity contribution in [1.29, 1.82) is 0 Å². The number of rotatable bonds is 27. The maximum atomic E-state index is 13.8. The molecule has 0 radical (unpaired) electrons. The van der Waals surface area contributed by atoms with Gasteiger partial charge >= 0.3 is 0 Å². The van der Waals surface area contributed by atoms with E-state index in [1.807, 2.05) is 70.2 Å². The number of para-hydroxylation sites is 3. The third kappa shape index (κ3) is 30.0. The van der Waals surface area contributed by atoms with E-state index in [1.54, 1.807) is 237 Å². The van der Waals surface area contributed by atoms with E-state index in [0.717, 1.165) is 40.5 Å². The molecule has 0 saturated heterocycles. The molecule has 0 aliphatic carbocycles. The van der Waals surface area contributed by atoms with E-state index in [1.165, 1.54) is 32.2 Å². The molecule has 678 valence electrons. The number of hydrogen-bond donors (Lipinski definition) is 6. The fourth-order valence-corrected chi connectivity index (χ4v) is 12.1. The van der Waals surface area contributed by atoms with E-state index >= 15 is 0 Å². The van der Waals surface area contributed by atoms with Crippen molar-refractivity contribution >= 4 is 116 Å². The Morgan fingerprint density at radius 2 is 0.564 bits per heavy atom. The van der Waals surface area contributed by atoms with Gasteiger partial charge in [0.2, 0.25) is 5.78 Å². The van der Waals surface area contributed by atoms with E-state index in [2.05, 4.69) is 71.4 Å². The molecule has 6 amide bonds. The van der Waals surface area contributed by atoms with Gasteiger partial charge in [-0.15, -0.1) is 0 Å². The smallest absolute Gasteiger partial charge is 0.250 e. The van der Waals surface area contributed by atoms with Crippen LogP contribution in [0.5, 0.6) is 17.2 Å². The van der Waals surface area contributed by atoms with Gasteiger partial charge in [0.1, 0.15) is 28.9 Å². The number of amides is 6. The Hall–Kier alpha value is -16.5. The van der Waals surface area contributed by atoms with Crippen molar-refractivity contribution in [2.75, 3.05) is 53.2 Å². The van der Waals surface area contributed by atoms with Gasteiger partial charge in [-0.2, -0.15) is 0 Å². The SMILES string of the molecule is C=C(C)C(=O)Nc1cc(C)ccc1C(=O)c1ccc(C)cc1.C=C(C)C(=O)Nc1cc(OC)ccc1C(=O)c1ccccc1.C=C(C)C(=O)Nc1ccc(Cl)cc1C(=O)c1c(F)cccc1F.C=C(C)C(=O)Nc1ccccc1C(=O)c1ccc(C)cc1C.C=C(C)C(=O)Nc1ccccc1C(=O)c1ccc(OC)cc1.C=C(C)C(=O)Nc1ccccc1C(=O)c1cccc(OC)c1. The Kier molecular flexibility index (Phi) is 38.7. The summed E-state index contributed by atoms with van der Waals surface area (Å²) in [6, 6.07) is 74.0. The first-order valence-corrected chi connectivity index (χ1v) is 41.4. The van der Waals surface area contributed by atoms with Crippen molar-refractivity contribution in [3.63, 3.8) is 0 Å². The van der Waals surface area contributed by atoms with Crippen LogP contribution in [0.2, 0.25) is 5.02 Å². The molecule has 133 heavy (non-hydrogen) atoms. The Labute approximate surface area is 777 Å². The van der Waals surface area contributed by atoms with Crippen molar-refractivity contribution in [3.8, 4) is 17.2 Å². The molecule has 0 aliphatic heterocycles. The Bertz CT molecular complexity index is 6490. The van der Waals surface area contributed by atoms with E-state index in [4.69, 9.17) is 25.8 Å². The van der Waals surface area contributed by atoms with E-state index in [-0.39, 0.29) is 80.3 Å². The van der Waals surface area contributed by atoms with Crippen LogP contribution in [-0.4, -0.2) is 91.5 Å². The van der Waals surface area contributed by atoms with Gasteiger partial charge in [-0.3, -0.25) is 57.5 Å². The van der Waals surface area contributed by atoms with Gasteiger partial charge in [0.05, 0.1) is 61.0 Å². The maximum Gasteiger partial charge on any atom is 0.250 e. The summed E-state index contributed by atoms with van der Waals surface area (Å²) in [5.74, 6) is -3.85. The first-order valence-electron chi connectivity index (χ1n) is 41.0. The van der Waals surface area contributed by atoms with Crippen LogP contribution in [0, 0.1) is 39.3 Å². The summed E-state index contributed by atoms with van der Waals surface area (Å²) in [7, 11) is 4.64. The van der Waals surface area contributed by atoms with Crippen molar-refractivity contribution in [2.24, 2.45) is 0 Å². The summed E-state index contributed by atoms with van der Waals surface area (Å²) in [5.41, 5.74) is 12.9. The van der Waals surface area contributed by atoms with Crippen LogP contribution in [0.25, 0.3) is 0 Å². The third-order valence-electron chi connectivity index (χ3n) is 19.3. The second kappa shape index (κ2) is 49.7. The average molecular weight is 1810 g/mol. The van der Waals surface area contributed by atoms with Gasteiger partial charge in [-0.1, -0.05) is 196 Å². The quantitative estimate of drug-likeness (QED) is 0.0206. The average Bonchev–Trinajstić information content (AvgIpc) is 0.814. The van der Waals surface area contributed by atoms with Crippen molar-refractivity contribution in [3.05, 3.63) is 446 Å². The summed E-state index contributed by atoms with van der Waals surface area (Å²) in [6.07, 6.45) is 0. The zero-order valence-corrected chi connectivity index (χ0v) is 76.7. The highest BCUT2D eigenvalue weighted by atomic mass is 35.5. The summed E-state index contributed by atoms with van der Waals surface area (Å²) in [6.45, 7) is 38.9. The van der Waals surface area contributed by atoms with Gasteiger partial charge < -0.3 is 46.1 Å². The molecule has 0 saturated carbocycles. The van der Waals surface area contributed by atoms with Crippen LogP contribution in [0.4, 0.5) is 42.9 Å². The van der Waals surface area contributed by atoms with Crippen LogP contribution in [-0.2, 0) is 28.8 Å². The number of benzene rings is 12. The molecular weight excluding hydrogens is 1710 g/mol. The fraction of sp³-hybridized carbons (Fsp3) is 0.119. The Balaban J connectivity index is 0.000000218. The van der Waals surface area contributed by atoms with Gasteiger partial charge in [-0.05, 0) is 208 Å². The Morgan fingerprint density at radius 3 is 0.985 bits per heavy atom. The standard InChI is InChI=1S/2C19H19NO2.3C18H17NO3.C17H12ClF2NO2/c1-12(2)19(22)20-17-11-14(4)7-10-16(17)18(21)15-8-5-13(3)6-9-15;1-12(2)19(22)20-17-8-6-5-7-16(17)18(21)15-10-9-13(3)11-14(15)4;1-12(2)18(21)19-16-10-5-4-9-15(16)17(20)13-7-6-8-14(11-13)22-3;1-12(2)18(21)19-16-7-5-4-6-15(16)17(20)13-8-10-14(22-3)11-9-13;1-12(2)18(21)19-16-11-14(22-3)9-10-15(16)17(20)13-7-5-4-6-8-13;1-9(2)17(23)21-14-7-6-10(18)8-11(14)16(22)15-12(19)4-3-5-13(15)20/h2*5-11H,1H2,2-4H3,(H,20,22);3*4-11H,1H2,2-3H3,(H,19,21);3-8H,1H2,2H3,(H,21,23). The minimum atomic E-state index is -0.993. The van der Waals surface area contributed by atoms with Crippen molar-refractivity contribution < 1.29 is 80.5 Å². The zero-order chi connectivity index (χ0) is 98.0. The highest BCUT2D eigenvalue weighted by Crippen LogP contribution is 2.32. The molecule has 0 spiro atoms. The van der Waals surface area contributed by atoms with Crippen LogP contribution in [0.3, 0.4) is 0 Å². The lowest BCUT2D eigenvalue weighted by Crippen LogP contribution is -2.16. The van der Waals surface area contributed by atoms with Gasteiger partial charge in [0, 0.05) is 106 Å². The molecule has 0 atom stereocenters. The number of nitrogens with one attached hydrogen (secondary N) is 6. The lowest BCUT2D eigenvalue weighted by molar-refractivity contribution is -0.113. The number of carbonyl (C=O) groups excluding carboxylic acids is 12. The molecule has 0 heterocycles. The van der Waals surface area contributed by atoms with E-state index in [0.29, 0.717) is 129 Å². The summed E-state index contributed by atoms with van der Waals surface area (Å²) in [5, 5.41) is 16.2. The molecule has 12 aromatic rings. The minimum Gasteiger partial charge on any atom is -0.497 e. The zero-order valence-electron chi connectivity index (χ0n) is 75.9. The predicted molar refractivity (Wildman–Crippen MR) is 522 cm³/mol. The largest absolute Gasteiger partial charge is 0.497 e. The molecular formula is C109H101ClF2N6O15. The highest BCUT2D eigenvalue weighted by molar-refractivity contribution is 6.31. The molecule has 6 N–H and O–H groups in total. The predicted octanol–water partition coefficient (Wildman–Crippen LogP) is 22.8. The molecule has 0 aliphatic rings. The number of anilines is 6. The number of halogens is 3. The summed E-state index contributed by atoms with van der Waals surface area (Å²) >= 11 is 5.86. The molecule has 24 heteroatoms. The van der Waals surface area contributed by atoms with Gasteiger partial charge in [0.15, 0.2) is 28.9 Å². The van der Waals surface area contributed by atoms with E-state index < -0.39 is 28.9 Å².